The van der Waals surface area contributed by atoms with Gasteiger partial charge in [-0.15, -0.1) is 5.10 Å². The van der Waals surface area contributed by atoms with Gasteiger partial charge in [0.15, 0.2) is 5.82 Å². The van der Waals surface area contributed by atoms with E-state index in [9.17, 15) is 18.0 Å². The lowest BCUT2D eigenvalue weighted by atomic mass is 10.1. The third-order valence-corrected chi connectivity index (χ3v) is 2.57. The summed E-state index contributed by atoms with van der Waals surface area (Å²) in [7, 11) is 0. The molecule has 0 aliphatic carbocycles. The third-order valence-electron chi connectivity index (χ3n) is 2.57. The van der Waals surface area contributed by atoms with Crippen molar-refractivity contribution in [2.24, 2.45) is 0 Å². The second kappa shape index (κ2) is 6.48. The van der Waals surface area contributed by atoms with E-state index in [2.05, 4.69) is 15.5 Å². The smallest absolute Gasteiger partial charge is 0.389 e. The molecule has 1 N–H and O–H groups in total. The molecule has 0 amide bonds. The normalized spacial score (nSPS) is 13.5. The molecule has 6 nitrogen and oxygen atoms in total. The van der Waals surface area contributed by atoms with E-state index in [-0.39, 0.29) is 18.7 Å². The summed E-state index contributed by atoms with van der Waals surface area (Å²) in [4.78, 5) is 10.7. The molecule has 19 heavy (non-hydrogen) atoms. The van der Waals surface area contributed by atoms with Crippen molar-refractivity contribution in [3.8, 4) is 0 Å². The fourth-order valence-corrected chi connectivity index (χ4v) is 1.76. The van der Waals surface area contributed by atoms with Crippen molar-refractivity contribution in [1.82, 2.24) is 20.2 Å². The number of hydrogen-bond donors (Lipinski definition) is 1. The molecule has 1 aromatic heterocycles. The van der Waals surface area contributed by atoms with Crippen LogP contribution in [0.3, 0.4) is 0 Å². The Morgan fingerprint density at radius 2 is 2.16 bits per heavy atom. The number of aromatic nitrogens is 4. The Hall–Kier alpha value is -1.67. The molecule has 1 aromatic rings. The van der Waals surface area contributed by atoms with E-state index in [1.165, 1.54) is 4.68 Å². The summed E-state index contributed by atoms with van der Waals surface area (Å²) in [6.45, 7) is 1.86. The van der Waals surface area contributed by atoms with E-state index >= 15 is 0 Å². The molecule has 1 rings (SSSR count). The number of aliphatic carboxylic acids is 1. The highest BCUT2D eigenvalue weighted by atomic mass is 19.4. The van der Waals surface area contributed by atoms with Gasteiger partial charge >= 0.3 is 12.1 Å². The number of carbonyl (C=O) groups is 1. The molecule has 1 unspecified atom stereocenters. The fraction of sp³-hybridized carbons (Fsp3) is 0.800. The predicted molar refractivity (Wildman–Crippen MR) is 58.4 cm³/mol. The van der Waals surface area contributed by atoms with Gasteiger partial charge in [0.25, 0.3) is 0 Å². The molecule has 0 aromatic carbocycles. The average molecular weight is 280 g/mol. The molecular formula is C10H15F3N4O2. The molecule has 1 atom stereocenters. The summed E-state index contributed by atoms with van der Waals surface area (Å²) in [6, 6.07) is -0.513. The van der Waals surface area contributed by atoms with Gasteiger partial charge in [-0.2, -0.15) is 13.2 Å². The molecule has 0 saturated carbocycles. The number of nitrogens with zero attached hydrogens (tertiary/aromatic N) is 4. The van der Waals surface area contributed by atoms with Crippen molar-refractivity contribution in [3.05, 3.63) is 5.82 Å². The van der Waals surface area contributed by atoms with Crippen molar-refractivity contribution < 1.29 is 23.1 Å². The molecule has 108 valence electrons. The minimum atomic E-state index is -4.29. The maximum absolute atomic E-state index is 12.2. The summed E-state index contributed by atoms with van der Waals surface area (Å²) in [5.41, 5.74) is 0. The quantitative estimate of drug-likeness (QED) is 0.826. The Labute approximate surface area is 107 Å². The summed E-state index contributed by atoms with van der Waals surface area (Å²) in [5, 5.41) is 19.3. The van der Waals surface area contributed by atoms with Crippen LogP contribution in [0.1, 0.15) is 44.5 Å². The highest BCUT2D eigenvalue weighted by Gasteiger charge is 2.29. The number of tetrazole rings is 1. The fourth-order valence-electron chi connectivity index (χ4n) is 1.76. The number of aryl methyl sites for hydroxylation is 1. The van der Waals surface area contributed by atoms with E-state index in [1.54, 1.807) is 0 Å². The van der Waals surface area contributed by atoms with Gasteiger partial charge < -0.3 is 5.11 Å². The summed E-state index contributed by atoms with van der Waals surface area (Å²) in [6.07, 6.45) is -4.69. The van der Waals surface area contributed by atoms with Crippen molar-refractivity contribution >= 4 is 5.97 Å². The zero-order valence-electron chi connectivity index (χ0n) is 10.4. The Kier molecular flexibility index (Phi) is 5.25. The van der Waals surface area contributed by atoms with Gasteiger partial charge in [-0.25, -0.2) is 4.68 Å². The maximum atomic E-state index is 12.2. The highest BCUT2D eigenvalue weighted by Crippen LogP contribution is 2.23. The van der Waals surface area contributed by atoms with Crippen LogP contribution in [0.15, 0.2) is 0 Å². The number of carboxylic acid groups (broad SMARTS) is 1. The summed E-state index contributed by atoms with van der Waals surface area (Å²) in [5.74, 6) is -0.965. The van der Waals surface area contributed by atoms with Crippen LogP contribution in [0.25, 0.3) is 0 Å². The number of rotatable bonds is 7. The van der Waals surface area contributed by atoms with E-state index in [1.807, 2.05) is 6.92 Å². The first kappa shape index (κ1) is 15.4. The number of hydrogen-bond acceptors (Lipinski definition) is 4. The lowest BCUT2D eigenvalue weighted by Crippen LogP contribution is -2.19. The molecular weight excluding hydrogens is 265 g/mol. The van der Waals surface area contributed by atoms with Crippen molar-refractivity contribution in [2.75, 3.05) is 0 Å². The molecule has 0 aliphatic heterocycles. The maximum Gasteiger partial charge on any atom is 0.389 e. The van der Waals surface area contributed by atoms with Gasteiger partial charge in [0.1, 0.15) is 0 Å². The summed E-state index contributed by atoms with van der Waals surface area (Å²) < 4.78 is 37.7. The largest absolute Gasteiger partial charge is 0.481 e. The minimum absolute atomic E-state index is 0.0667. The molecule has 9 heteroatoms. The topological polar surface area (TPSA) is 80.9 Å². The average Bonchev–Trinajstić information content (AvgIpc) is 2.72. The Balaban J connectivity index is 2.80. The van der Waals surface area contributed by atoms with Gasteiger partial charge in [-0.05, 0) is 16.8 Å². The van der Waals surface area contributed by atoms with Crippen LogP contribution in [-0.4, -0.2) is 37.5 Å². The minimum Gasteiger partial charge on any atom is -0.481 e. The predicted octanol–water partition coefficient (Wildman–Crippen LogP) is 1.98. The molecule has 0 aliphatic rings. The van der Waals surface area contributed by atoms with Crippen molar-refractivity contribution in [1.29, 1.82) is 0 Å². The molecule has 1 heterocycles. The monoisotopic (exact) mass is 280 g/mol. The van der Waals surface area contributed by atoms with Crippen LogP contribution in [0.2, 0.25) is 0 Å². The molecule has 0 radical (unpaired) electrons. The second-order valence-electron chi connectivity index (χ2n) is 4.20. The first-order chi connectivity index (χ1) is 8.83. The number of alkyl halides is 3. The lowest BCUT2D eigenvalue weighted by Gasteiger charge is -2.15. The van der Waals surface area contributed by atoms with Gasteiger partial charge in [-0.3, -0.25) is 4.79 Å². The first-order valence-electron chi connectivity index (χ1n) is 5.88. The lowest BCUT2D eigenvalue weighted by molar-refractivity contribution is -0.138. The van der Waals surface area contributed by atoms with Gasteiger partial charge in [-0.1, -0.05) is 13.3 Å². The van der Waals surface area contributed by atoms with Crippen LogP contribution >= 0.6 is 0 Å². The molecule has 0 bridgehead atoms. The van der Waals surface area contributed by atoms with Crippen LogP contribution < -0.4 is 0 Å². The molecule has 0 spiro atoms. The zero-order chi connectivity index (χ0) is 14.5. The summed E-state index contributed by atoms with van der Waals surface area (Å²) >= 11 is 0. The first-order valence-corrected chi connectivity index (χ1v) is 5.88. The highest BCUT2D eigenvalue weighted by molar-refractivity contribution is 5.67. The van der Waals surface area contributed by atoms with E-state index in [0.717, 1.165) is 0 Å². The number of carboxylic acids is 1. The van der Waals surface area contributed by atoms with E-state index < -0.39 is 24.6 Å². The Morgan fingerprint density at radius 1 is 1.47 bits per heavy atom. The molecule has 0 saturated heterocycles. The Bertz CT molecular complexity index is 419. The second-order valence-corrected chi connectivity index (χ2v) is 4.20. The van der Waals surface area contributed by atoms with E-state index in [0.29, 0.717) is 12.8 Å². The van der Waals surface area contributed by atoms with Gasteiger partial charge in [0.05, 0.1) is 18.9 Å². The van der Waals surface area contributed by atoms with Gasteiger partial charge in [0.2, 0.25) is 0 Å². The third kappa shape index (κ3) is 5.23. The van der Waals surface area contributed by atoms with Crippen LogP contribution in [0.5, 0.6) is 0 Å². The zero-order valence-corrected chi connectivity index (χ0v) is 10.4. The van der Waals surface area contributed by atoms with Crippen molar-refractivity contribution in [3.63, 3.8) is 0 Å². The standard InChI is InChI=1S/C10H15F3N4O2/c1-2-3-7(6-9(18)19)17-8(14-15-16-17)4-5-10(11,12)13/h7H,2-6H2,1H3,(H,18,19). The van der Waals surface area contributed by atoms with Crippen LogP contribution in [-0.2, 0) is 11.2 Å². The number of halogens is 3. The Morgan fingerprint density at radius 3 is 2.68 bits per heavy atom. The van der Waals surface area contributed by atoms with Gasteiger partial charge in [0, 0.05) is 6.42 Å². The van der Waals surface area contributed by atoms with Crippen LogP contribution in [0, 0.1) is 0 Å². The van der Waals surface area contributed by atoms with Crippen molar-refractivity contribution in [2.45, 2.75) is 51.2 Å². The SMILES string of the molecule is CCCC(CC(=O)O)n1nnnc1CCC(F)(F)F. The van der Waals surface area contributed by atoms with E-state index in [4.69, 9.17) is 5.11 Å². The van der Waals surface area contributed by atoms with Crippen LogP contribution in [0.4, 0.5) is 13.2 Å². The molecule has 0 fully saturated rings.